The van der Waals surface area contributed by atoms with Gasteiger partial charge in [-0.1, -0.05) is 25.0 Å². The van der Waals surface area contributed by atoms with Gasteiger partial charge < -0.3 is 10.6 Å². The van der Waals surface area contributed by atoms with Crippen LogP contribution in [0.1, 0.15) is 48.5 Å². The first-order chi connectivity index (χ1) is 8.72. The van der Waals surface area contributed by atoms with Gasteiger partial charge in [-0.25, -0.2) is 0 Å². The van der Waals surface area contributed by atoms with Crippen LogP contribution in [0.5, 0.6) is 0 Å². The molecule has 1 fully saturated rings. The summed E-state index contributed by atoms with van der Waals surface area (Å²) in [6.45, 7) is 3.56. The molecule has 3 nitrogen and oxygen atoms in total. The zero-order valence-corrected chi connectivity index (χ0v) is 12.3. The molecule has 0 aliphatic carbocycles. The van der Waals surface area contributed by atoms with Gasteiger partial charge in [0.25, 0.3) is 5.91 Å². The number of rotatable bonds is 2. The van der Waals surface area contributed by atoms with Crippen molar-refractivity contribution in [2.24, 2.45) is 5.73 Å². The van der Waals surface area contributed by atoms with Gasteiger partial charge in [0.2, 0.25) is 0 Å². The van der Waals surface area contributed by atoms with Crippen molar-refractivity contribution in [1.82, 2.24) is 4.90 Å². The Hall–Kier alpha value is -1.06. The minimum Gasteiger partial charge on any atom is -0.336 e. The largest absolute Gasteiger partial charge is 0.336 e. The molecule has 1 aliphatic rings. The molecule has 1 amide bonds. The van der Waals surface area contributed by atoms with E-state index in [1.54, 1.807) is 0 Å². The fraction of sp³-hybridized carbons (Fsp3) is 0.533. The van der Waals surface area contributed by atoms with Gasteiger partial charge in [0.15, 0.2) is 0 Å². The fourth-order valence-electron chi connectivity index (χ4n) is 2.53. The van der Waals surface area contributed by atoms with Crippen LogP contribution in [-0.2, 0) is 6.54 Å². The number of benzene rings is 1. The molecular formula is C15H23ClN2O. The maximum atomic E-state index is 12.5. The Bertz CT molecular complexity index is 405. The molecule has 0 bridgehead atoms. The zero-order valence-electron chi connectivity index (χ0n) is 11.5. The van der Waals surface area contributed by atoms with E-state index in [0.29, 0.717) is 12.6 Å². The van der Waals surface area contributed by atoms with Gasteiger partial charge in [0.05, 0.1) is 0 Å². The number of carbonyl (C=O) groups is 1. The number of amides is 1. The summed E-state index contributed by atoms with van der Waals surface area (Å²) in [6, 6.07) is 8.02. The minimum atomic E-state index is 0. The van der Waals surface area contributed by atoms with Crippen LogP contribution in [0, 0.1) is 0 Å². The molecule has 2 rings (SSSR count). The van der Waals surface area contributed by atoms with E-state index < -0.39 is 0 Å². The molecule has 0 aromatic heterocycles. The third-order valence-electron chi connectivity index (χ3n) is 3.75. The Balaban J connectivity index is 0.00000180. The van der Waals surface area contributed by atoms with Crippen molar-refractivity contribution in [3.8, 4) is 0 Å². The molecule has 0 saturated carbocycles. The van der Waals surface area contributed by atoms with E-state index in [0.717, 1.165) is 30.5 Å². The predicted octanol–water partition coefficient (Wildman–Crippen LogP) is 2.97. The van der Waals surface area contributed by atoms with Crippen LogP contribution < -0.4 is 5.73 Å². The van der Waals surface area contributed by atoms with Crippen molar-refractivity contribution in [2.75, 3.05) is 6.54 Å². The third-order valence-corrected chi connectivity index (χ3v) is 3.75. The van der Waals surface area contributed by atoms with E-state index in [2.05, 4.69) is 6.92 Å². The molecule has 1 saturated heterocycles. The average Bonchev–Trinajstić information content (AvgIpc) is 2.63. The Kier molecular flexibility index (Phi) is 6.32. The minimum absolute atomic E-state index is 0. The summed E-state index contributed by atoms with van der Waals surface area (Å²) in [5, 5.41) is 0. The smallest absolute Gasteiger partial charge is 0.254 e. The number of hydrogen-bond donors (Lipinski definition) is 1. The molecule has 2 N–H and O–H groups in total. The standard InChI is InChI=1S/C15H22N2O.ClH/c1-12-5-3-2-4-10-17(12)15(18)14-8-6-13(11-16)7-9-14;/h6-9,12H,2-5,10-11,16H2,1H3;1H. The number of nitrogens with two attached hydrogens (primary N) is 1. The fourth-order valence-corrected chi connectivity index (χ4v) is 2.53. The van der Waals surface area contributed by atoms with Gasteiger partial charge in [-0.3, -0.25) is 4.79 Å². The van der Waals surface area contributed by atoms with E-state index in [9.17, 15) is 4.79 Å². The maximum Gasteiger partial charge on any atom is 0.254 e. The van der Waals surface area contributed by atoms with E-state index in [-0.39, 0.29) is 18.3 Å². The molecule has 1 atom stereocenters. The molecule has 1 aromatic rings. The highest BCUT2D eigenvalue weighted by molar-refractivity contribution is 5.94. The summed E-state index contributed by atoms with van der Waals surface area (Å²) in [5.41, 5.74) is 7.41. The summed E-state index contributed by atoms with van der Waals surface area (Å²) >= 11 is 0. The van der Waals surface area contributed by atoms with E-state index in [1.165, 1.54) is 12.8 Å². The second-order valence-electron chi connectivity index (χ2n) is 5.10. The lowest BCUT2D eigenvalue weighted by molar-refractivity contribution is 0.0698. The normalized spacial score (nSPS) is 19.5. The second kappa shape index (κ2) is 7.51. The van der Waals surface area contributed by atoms with Crippen LogP contribution >= 0.6 is 12.4 Å². The van der Waals surface area contributed by atoms with Gasteiger partial charge in [-0.15, -0.1) is 12.4 Å². The lowest BCUT2D eigenvalue weighted by atomic mass is 10.1. The van der Waals surface area contributed by atoms with Crippen molar-refractivity contribution in [1.29, 1.82) is 0 Å². The third kappa shape index (κ3) is 3.95. The first-order valence-electron chi connectivity index (χ1n) is 6.82. The number of hydrogen-bond acceptors (Lipinski definition) is 2. The molecule has 0 spiro atoms. The lowest BCUT2D eigenvalue weighted by Crippen LogP contribution is -2.38. The van der Waals surface area contributed by atoms with Crippen molar-refractivity contribution in [3.05, 3.63) is 35.4 Å². The molecular weight excluding hydrogens is 260 g/mol. The van der Waals surface area contributed by atoms with Gasteiger partial charge in [-0.2, -0.15) is 0 Å². The highest BCUT2D eigenvalue weighted by Crippen LogP contribution is 2.19. The summed E-state index contributed by atoms with van der Waals surface area (Å²) in [5.74, 6) is 0.160. The van der Waals surface area contributed by atoms with E-state index in [1.807, 2.05) is 29.2 Å². The lowest BCUT2D eigenvalue weighted by Gasteiger charge is -2.27. The molecule has 4 heteroatoms. The predicted molar refractivity (Wildman–Crippen MR) is 80.5 cm³/mol. The molecule has 1 aliphatic heterocycles. The van der Waals surface area contributed by atoms with Crippen LogP contribution in [-0.4, -0.2) is 23.4 Å². The van der Waals surface area contributed by atoms with Crippen molar-refractivity contribution in [2.45, 2.75) is 45.2 Å². The monoisotopic (exact) mass is 282 g/mol. The van der Waals surface area contributed by atoms with Gasteiger partial charge in [0.1, 0.15) is 0 Å². The Morgan fingerprint density at radius 1 is 1.26 bits per heavy atom. The molecule has 0 radical (unpaired) electrons. The SMILES string of the molecule is CC1CCCCCN1C(=O)c1ccc(CN)cc1.Cl. The average molecular weight is 283 g/mol. The number of likely N-dealkylation sites (tertiary alicyclic amines) is 1. The van der Waals surface area contributed by atoms with Gasteiger partial charge in [-0.05, 0) is 37.5 Å². The first kappa shape index (κ1) is 16.0. The summed E-state index contributed by atoms with van der Waals surface area (Å²) in [4.78, 5) is 14.5. The Morgan fingerprint density at radius 3 is 2.58 bits per heavy atom. The van der Waals surface area contributed by atoms with Gasteiger partial charge >= 0.3 is 0 Å². The van der Waals surface area contributed by atoms with E-state index >= 15 is 0 Å². The molecule has 1 unspecified atom stereocenters. The summed E-state index contributed by atoms with van der Waals surface area (Å²) in [6.07, 6.45) is 4.71. The van der Waals surface area contributed by atoms with Crippen LogP contribution in [0.25, 0.3) is 0 Å². The quantitative estimate of drug-likeness (QED) is 0.906. The highest BCUT2D eigenvalue weighted by Gasteiger charge is 2.22. The van der Waals surface area contributed by atoms with E-state index in [4.69, 9.17) is 5.73 Å². The molecule has 106 valence electrons. The van der Waals surface area contributed by atoms with Crippen LogP contribution in [0.2, 0.25) is 0 Å². The van der Waals surface area contributed by atoms with Crippen LogP contribution in [0.15, 0.2) is 24.3 Å². The first-order valence-corrected chi connectivity index (χ1v) is 6.82. The van der Waals surface area contributed by atoms with Crippen LogP contribution in [0.4, 0.5) is 0 Å². The number of carbonyl (C=O) groups excluding carboxylic acids is 1. The van der Waals surface area contributed by atoms with Gasteiger partial charge in [0, 0.05) is 24.7 Å². The second-order valence-corrected chi connectivity index (χ2v) is 5.10. The number of halogens is 1. The Morgan fingerprint density at radius 2 is 1.95 bits per heavy atom. The van der Waals surface area contributed by atoms with Crippen molar-refractivity contribution < 1.29 is 4.79 Å². The maximum absolute atomic E-state index is 12.5. The molecule has 19 heavy (non-hydrogen) atoms. The molecule has 1 aromatic carbocycles. The summed E-state index contributed by atoms with van der Waals surface area (Å²) in [7, 11) is 0. The highest BCUT2D eigenvalue weighted by atomic mass is 35.5. The van der Waals surface area contributed by atoms with Crippen molar-refractivity contribution in [3.63, 3.8) is 0 Å². The van der Waals surface area contributed by atoms with Crippen molar-refractivity contribution >= 4 is 18.3 Å². The molecule has 1 heterocycles. The Labute approximate surface area is 121 Å². The summed E-state index contributed by atoms with van der Waals surface area (Å²) < 4.78 is 0. The zero-order chi connectivity index (χ0) is 13.0. The van der Waals surface area contributed by atoms with Crippen LogP contribution in [0.3, 0.4) is 0 Å². The number of nitrogens with zero attached hydrogens (tertiary/aromatic N) is 1. The topological polar surface area (TPSA) is 46.3 Å².